The molecule has 1 aromatic heterocycles. The Morgan fingerprint density at radius 2 is 2.00 bits per heavy atom. The Bertz CT molecular complexity index is 838. The summed E-state index contributed by atoms with van der Waals surface area (Å²) in [4.78, 5) is 31.4. The van der Waals surface area contributed by atoms with E-state index in [1.165, 1.54) is 12.1 Å². The molecule has 0 bridgehead atoms. The summed E-state index contributed by atoms with van der Waals surface area (Å²) in [6, 6.07) is 11.8. The number of carbonyl (C=O) groups excluding carboxylic acids is 2. The topological polar surface area (TPSA) is 62.3 Å². The lowest BCUT2D eigenvalue weighted by Crippen LogP contribution is -2.44. The van der Waals surface area contributed by atoms with Crippen LogP contribution in [0.15, 0.2) is 42.5 Å². The first kappa shape index (κ1) is 20.0. The number of aromatic nitrogens is 1. The molecular weight excluding hydrogens is 357 g/mol. The minimum absolute atomic E-state index is 0.00111. The van der Waals surface area contributed by atoms with Crippen LogP contribution in [-0.2, 0) is 9.59 Å². The van der Waals surface area contributed by atoms with E-state index >= 15 is 0 Å². The SMILES string of the molecule is Cc1cccc(NC(=O)C2CCCN(C(=O)CC(C)c3ccc(F)cc3)C2)n1. The number of piperidine rings is 1. The molecule has 0 aliphatic carbocycles. The van der Waals surface area contributed by atoms with Gasteiger partial charge >= 0.3 is 0 Å². The van der Waals surface area contributed by atoms with Crippen molar-refractivity contribution in [3.05, 3.63) is 59.5 Å². The van der Waals surface area contributed by atoms with E-state index in [1.54, 1.807) is 23.1 Å². The predicted octanol–water partition coefficient (Wildman–Crippen LogP) is 3.90. The van der Waals surface area contributed by atoms with Crippen molar-refractivity contribution >= 4 is 17.6 Å². The van der Waals surface area contributed by atoms with Crippen LogP contribution in [0.5, 0.6) is 0 Å². The summed E-state index contributed by atoms with van der Waals surface area (Å²) in [6.07, 6.45) is 1.91. The fourth-order valence-corrected chi connectivity index (χ4v) is 3.56. The van der Waals surface area contributed by atoms with Crippen molar-refractivity contribution in [3.8, 4) is 0 Å². The third kappa shape index (κ3) is 5.15. The molecule has 5 nitrogen and oxygen atoms in total. The van der Waals surface area contributed by atoms with Crippen LogP contribution in [0.3, 0.4) is 0 Å². The molecule has 6 heteroatoms. The van der Waals surface area contributed by atoms with Crippen molar-refractivity contribution in [1.29, 1.82) is 0 Å². The van der Waals surface area contributed by atoms with Gasteiger partial charge in [0.2, 0.25) is 11.8 Å². The quantitative estimate of drug-likeness (QED) is 0.852. The first-order chi connectivity index (χ1) is 13.4. The summed E-state index contributed by atoms with van der Waals surface area (Å²) in [5, 5.41) is 2.86. The van der Waals surface area contributed by atoms with Crippen LogP contribution in [0.25, 0.3) is 0 Å². The van der Waals surface area contributed by atoms with E-state index in [0.717, 1.165) is 24.1 Å². The smallest absolute Gasteiger partial charge is 0.230 e. The van der Waals surface area contributed by atoms with E-state index in [9.17, 15) is 14.0 Å². The molecule has 2 amide bonds. The third-order valence-corrected chi connectivity index (χ3v) is 5.20. The zero-order chi connectivity index (χ0) is 20.1. The average Bonchev–Trinajstić information content (AvgIpc) is 2.68. The second-order valence-corrected chi connectivity index (χ2v) is 7.49. The van der Waals surface area contributed by atoms with Gasteiger partial charge in [-0.2, -0.15) is 0 Å². The highest BCUT2D eigenvalue weighted by atomic mass is 19.1. The lowest BCUT2D eigenvalue weighted by molar-refractivity contribution is -0.134. The van der Waals surface area contributed by atoms with Gasteiger partial charge in [0.15, 0.2) is 0 Å². The van der Waals surface area contributed by atoms with Gasteiger partial charge in [0, 0.05) is 25.2 Å². The fraction of sp³-hybridized carbons (Fsp3) is 0.409. The summed E-state index contributed by atoms with van der Waals surface area (Å²) < 4.78 is 13.1. The largest absolute Gasteiger partial charge is 0.342 e. The van der Waals surface area contributed by atoms with Gasteiger partial charge in [0.25, 0.3) is 0 Å². The zero-order valence-corrected chi connectivity index (χ0v) is 16.3. The van der Waals surface area contributed by atoms with E-state index in [-0.39, 0.29) is 29.5 Å². The standard InChI is InChI=1S/C22H26FN3O2/c1-15(17-8-10-19(23)11-9-17)13-21(27)26-12-4-6-18(14-26)22(28)25-20-7-3-5-16(2)24-20/h3,5,7-11,15,18H,4,6,12-14H2,1-2H3,(H,24,25,28). The first-order valence-corrected chi connectivity index (χ1v) is 9.70. The number of amides is 2. The van der Waals surface area contributed by atoms with Crippen LogP contribution in [0, 0.1) is 18.7 Å². The second-order valence-electron chi connectivity index (χ2n) is 7.49. The van der Waals surface area contributed by atoms with Gasteiger partial charge in [0.05, 0.1) is 5.92 Å². The van der Waals surface area contributed by atoms with Crippen molar-refractivity contribution in [2.24, 2.45) is 5.92 Å². The van der Waals surface area contributed by atoms with Crippen LogP contribution in [-0.4, -0.2) is 34.8 Å². The zero-order valence-electron chi connectivity index (χ0n) is 16.3. The summed E-state index contributed by atoms with van der Waals surface area (Å²) in [7, 11) is 0. The maximum absolute atomic E-state index is 13.1. The molecule has 1 aliphatic rings. The summed E-state index contributed by atoms with van der Waals surface area (Å²) in [6.45, 7) is 4.93. The van der Waals surface area contributed by atoms with Gasteiger partial charge in [-0.1, -0.05) is 25.1 Å². The number of pyridine rings is 1. The molecule has 0 radical (unpaired) electrons. The lowest BCUT2D eigenvalue weighted by Gasteiger charge is -2.32. The number of likely N-dealkylation sites (tertiary alicyclic amines) is 1. The maximum Gasteiger partial charge on any atom is 0.230 e. The Morgan fingerprint density at radius 3 is 2.71 bits per heavy atom. The molecule has 1 fully saturated rings. The molecular formula is C22H26FN3O2. The molecule has 2 atom stereocenters. The highest BCUT2D eigenvalue weighted by Crippen LogP contribution is 2.24. The van der Waals surface area contributed by atoms with Gasteiger partial charge in [-0.3, -0.25) is 9.59 Å². The normalized spacial score (nSPS) is 17.8. The molecule has 1 N–H and O–H groups in total. The number of nitrogens with zero attached hydrogens (tertiary/aromatic N) is 2. The van der Waals surface area contributed by atoms with E-state index in [2.05, 4.69) is 10.3 Å². The molecule has 148 valence electrons. The molecule has 2 aromatic rings. The van der Waals surface area contributed by atoms with E-state index < -0.39 is 0 Å². The number of hydrogen-bond donors (Lipinski definition) is 1. The van der Waals surface area contributed by atoms with Crippen molar-refractivity contribution in [3.63, 3.8) is 0 Å². The first-order valence-electron chi connectivity index (χ1n) is 9.70. The van der Waals surface area contributed by atoms with E-state index in [4.69, 9.17) is 0 Å². The Kier molecular flexibility index (Phi) is 6.39. The van der Waals surface area contributed by atoms with Crippen LogP contribution < -0.4 is 5.32 Å². The summed E-state index contributed by atoms with van der Waals surface area (Å²) >= 11 is 0. The molecule has 2 heterocycles. The lowest BCUT2D eigenvalue weighted by atomic mass is 9.94. The molecule has 0 spiro atoms. The molecule has 0 saturated carbocycles. The van der Waals surface area contributed by atoms with Crippen molar-refractivity contribution < 1.29 is 14.0 Å². The summed E-state index contributed by atoms with van der Waals surface area (Å²) in [5.41, 5.74) is 1.78. The Labute approximate surface area is 165 Å². The number of halogens is 1. The Hall–Kier alpha value is -2.76. The molecule has 1 aromatic carbocycles. The number of anilines is 1. The Balaban J connectivity index is 1.56. The molecule has 2 unspecified atom stereocenters. The minimum atomic E-state index is -0.282. The molecule has 1 aliphatic heterocycles. The number of benzene rings is 1. The molecule has 28 heavy (non-hydrogen) atoms. The van der Waals surface area contributed by atoms with Gasteiger partial charge in [-0.25, -0.2) is 9.37 Å². The average molecular weight is 383 g/mol. The van der Waals surface area contributed by atoms with Gasteiger partial charge in [-0.05, 0) is 55.5 Å². The molecule has 1 saturated heterocycles. The minimum Gasteiger partial charge on any atom is -0.342 e. The second kappa shape index (κ2) is 8.95. The number of rotatable bonds is 5. The van der Waals surface area contributed by atoms with Gasteiger partial charge in [0.1, 0.15) is 11.6 Å². The van der Waals surface area contributed by atoms with Crippen molar-refractivity contribution in [1.82, 2.24) is 9.88 Å². The van der Waals surface area contributed by atoms with Gasteiger partial charge < -0.3 is 10.2 Å². The maximum atomic E-state index is 13.1. The van der Waals surface area contributed by atoms with Gasteiger partial charge in [-0.15, -0.1) is 0 Å². The van der Waals surface area contributed by atoms with Crippen LogP contribution in [0.4, 0.5) is 10.2 Å². The summed E-state index contributed by atoms with van der Waals surface area (Å²) in [5.74, 6) is -0.0428. The van der Waals surface area contributed by atoms with E-state index in [0.29, 0.717) is 25.3 Å². The van der Waals surface area contributed by atoms with Crippen molar-refractivity contribution in [2.75, 3.05) is 18.4 Å². The number of nitrogens with one attached hydrogen (secondary N) is 1. The highest BCUT2D eigenvalue weighted by Gasteiger charge is 2.29. The predicted molar refractivity (Wildman–Crippen MR) is 106 cm³/mol. The molecule has 3 rings (SSSR count). The number of aryl methyl sites for hydroxylation is 1. The third-order valence-electron chi connectivity index (χ3n) is 5.20. The van der Waals surface area contributed by atoms with Crippen molar-refractivity contribution in [2.45, 2.75) is 39.0 Å². The van der Waals surface area contributed by atoms with Crippen LogP contribution >= 0.6 is 0 Å². The fourth-order valence-electron chi connectivity index (χ4n) is 3.56. The number of carbonyl (C=O) groups is 2. The van der Waals surface area contributed by atoms with Crippen LogP contribution in [0.2, 0.25) is 0 Å². The highest BCUT2D eigenvalue weighted by molar-refractivity contribution is 5.92. The Morgan fingerprint density at radius 1 is 1.25 bits per heavy atom. The van der Waals surface area contributed by atoms with Crippen LogP contribution in [0.1, 0.15) is 43.4 Å². The monoisotopic (exact) mass is 383 g/mol. The van der Waals surface area contributed by atoms with E-state index in [1.807, 2.05) is 26.0 Å². The number of hydrogen-bond acceptors (Lipinski definition) is 3.